The Balaban J connectivity index is 2.18. The van der Waals surface area contributed by atoms with E-state index >= 15 is 0 Å². The lowest BCUT2D eigenvalue weighted by atomic mass is 9.98. The topological polar surface area (TPSA) is 29.5 Å². The van der Waals surface area contributed by atoms with Crippen molar-refractivity contribution in [3.63, 3.8) is 0 Å². The molecule has 1 heterocycles. The molecular formula is C14H18BrNO2. The van der Waals surface area contributed by atoms with Crippen molar-refractivity contribution in [3.05, 3.63) is 28.2 Å². The molecule has 0 atom stereocenters. The number of piperidine rings is 1. The molecule has 2 rings (SSSR count). The molecule has 1 amide bonds. The number of nitrogens with zero attached hydrogens (tertiary/aromatic N) is 1. The Hall–Kier alpha value is -1.03. The first-order valence-electron chi connectivity index (χ1n) is 6.24. The summed E-state index contributed by atoms with van der Waals surface area (Å²) in [4.78, 5) is 14.4. The molecule has 1 saturated heterocycles. The zero-order chi connectivity index (χ0) is 13.1. The van der Waals surface area contributed by atoms with Gasteiger partial charge in [0.2, 0.25) is 0 Å². The van der Waals surface area contributed by atoms with Gasteiger partial charge in [0.25, 0.3) is 5.91 Å². The maximum atomic E-state index is 12.4. The molecule has 1 aliphatic heterocycles. The van der Waals surface area contributed by atoms with Crippen molar-refractivity contribution >= 4 is 21.8 Å². The summed E-state index contributed by atoms with van der Waals surface area (Å²) < 4.78 is 6.20. The van der Waals surface area contributed by atoms with Crippen LogP contribution in [0.4, 0.5) is 0 Å². The molecule has 0 saturated carbocycles. The van der Waals surface area contributed by atoms with E-state index in [4.69, 9.17) is 4.74 Å². The lowest BCUT2D eigenvalue weighted by Crippen LogP contribution is -2.38. The van der Waals surface area contributed by atoms with Gasteiger partial charge in [0.15, 0.2) is 0 Å². The third kappa shape index (κ3) is 2.86. The second kappa shape index (κ2) is 5.74. The number of hydrogen-bond acceptors (Lipinski definition) is 2. The summed E-state index contributed by atoms with van der Waals surface area (Å²) in [7, 11) is 1.59. The van der Waals surface area contributed by atoms with E-state index in [-0.39, 0.29) is 5.91 Å². The standard InChI is InChI=1S/C14H18BrNO2/c1-10-5-7-16(8-6-10)14(17)12-4-3-11(15)9-13(12)18-2/h3-4,9-10H,5-8H2,1-2H3. The highest BCUT2D eigenvalue weighted by Crippen LogP contribution is 2.26. The summed E-state index contributed by atoms with van der Waals surface area (Å²) in [6.45, 7) is 3.93. The highest BCUT2D eigenvalue weighted by atomic mass is 79.9. The van der Waals surface area contributed by atoms with Gasteiger partial charge in [-0.3, -0.25) is 4.79 Å². The predicted molar refractivity (Wildman–Crippen MR) is 75.0 cm³/mol. The monoisotopic (exact) mass is 311 g/mol. The lowest BCUT2D eigenvalue weighted by Gasteiger charge is -2.30. The summed E-state index contributed by atoms with van der Waals surface area (Å²) in [6, 6.07) is 5.53. The Kier molecular flexibility index (Phi) is 4.27. The van der Waals surface area contributed by atoms with Crippen LogP contribution in [0.15, 0.2) is 22.7 Å². The van der Waals surface area contributed by atoms with E-state index in [9.17, 15) is 4.79 Å². The van der Waals surface area contributed by atoms with Gasteiger partial charge in [-0.2, -0.15) is 0 Å². The molecule has 1 fully saturated rings. The van der Waals surface area contributed by atoms with Crippen LogP contribution in [0.2, 0.25) is 0 Å². The van der Waals surface area contributed by atoms with Crippen LogP contribution in [0.1, 0.15) is 30.1 Å². The van der Waals surface area contributed by atoms with Crippen LogP contribution in [0.5, 0.6) is 5.75 Å². The van der Waals surface area contributed by atoms with Gasteiger partial charge in [0, 0.05) is 17.6 Å². The lowest BCUT2D eigenvalue weighted by molar-refractivity contribution is 0.0694. The van der Waals surface area contributed by atoms with E-state index in [1.54, 1.807) is 7.11 Å². The van der Waals surface area contributed by atoms with E-state index in [1.165, 1.54) is 0 Å². The third-order valence-electron chi connectivity index (χ3n) is 3.46. The SMILES string of the molecule is COc1cc(Br)ccc1C(=O)N1CCC(C)CC1. The van der Waals surface area contributed by atoms with Gasteiger partial charge in [0.05, 0.1) is 12.7 Å². The van der Waals surface area contributed by atoms with Gasteiger partial charge in [-0.25, -0.2) is 0 Å². The summed E-state index contributed by atoms with van der Waals surface area (Å²) in [5.41, 5.74) is 0.648. The molecule has 0 bridgehead atoms. The molecule has 4 heteroatoms. The normalized spacial score (nSPS) is 16.7. The molecule has 0 spiro atoms. The van der Waals surface area contributed by atoms with Gasteiger partial charge in [-0.05, 0) is 37.0 Å². The zero-order valence-electron chi connectivity index (χ0n) is 10.8. The van der Waals surface area contributed by atoms with Gasteiger partial charge in [-0.1, -0.05) is 22.9 Å². The first-order valence-corrected chi connectivity index (χ1v) is 7.04. The molecule has 98 valence electrons. The van der Waals surface area contributed by atoms with Gasteiger partial charge in [-0.15, -0.1) is 0 Å². The molecule has 1 aromatic carbocycles. The fourth-order valence-electron chi connectivity index (χ4n) is 2.22. The molecule has 0 unspecified atom stereocenters. The average Bonchev–Trinajstić information content (AvgIpc) is 2.38. The van der Waals surface area contributed by atoms with Crippen LogP contribution in [0, 0.1) is 5.92 Å². The van der Waals surface area contributed by atoms with Crippen molar-refractivity contribution in [2.24, 2.45) is 5.92 Å². The Bertz CT molecular complexity index is 439. The van der Waals surface area contributed by atoms with Crippen LogP contribution in [0.25, 0.3) is 0 Å². The predicted octanol–water partition coefficient (Wildman–Crippen LogP) is 3.33. The van der Waals surface area contributed by atoms with Crippen LogP contribution >= 0.6 is 15.9 Å². The maximum absolute atomic E-state index is 12.4. The highest BCUT2D eigenvalue weighted by molar-refractivity contribution is 9.10. The Morgan fingerprint density at radius 1 is 1.39 bits per heavy atom. The first-order chi connectivity index (χ1) is 8.61. The minimum Gasteiger partial charge on any atom is -0.496 e. The molecular weight excluding hydrogens is 294 g/mol. The summed E-state index contributed by atoms with van der Waals surface area (Å²) >= 11 is 3.39. The van der Waals surface area contributed by atoms with E-state index in [0.29, 0.717) is 11.3 Å². The van der Waals surface area contributed by atoms with Gasteiger partial charge in [0.1, 0.15) is 5.75 Å². The summed E-state index contributed by atoms with van der Waals surface area (Å²) in [5.74, 6) is 1.43. The number of methoxy groups -OCH3 is 1. The van der Waals surface area contributed by atoms with Gasteiger partial charge < -0.3 is 9.64 Å². The summed E-state index contributed by atoms with van der Waals surface area (Å²) in [5, 5.41) is 0. The zero-order valence-corrected chi connectivity index (χ0v) is 12.4. The number of halogens is 1. The molecule has 1 aromatic rings. The molecule has 0 aliphatic carbocycles. The molecule has 18 heavy (non-hydrogen) atoms. The molecule has 3 nitrogen and oxygen atoms in total. The first kappa shape index (κ1) is 13.4. The van der Waals surface area contributed by atoms with E-state index in [1.807, 2.05) is 23.1 Å². The van der Waals surface area contributed by atoms with E-state index in [0.717, 1.165) is 36.3 Å². The second-order valence-electron chi connectivity index (χ2n) is 4.82. The Morgan fingerprint density at radius 2 is 2.06 bits per heavy atom. The van der Waals surface area contributed by atoms with Crippen molar-refractivity contribution in [1.29, 1.82) is 0 Å². The third-order valence-corrected chi connectivity index (χ3v) is 3.96. The Labute approximate surface area is 116 Å². The van der Waals surface area contributed by atoms with Crippen LogP contribution in [-0.4, -0.2) is 31.0 Å². The van der Waals surface area contributed by atoms with Crippen LogP contribution < -0.4 is 4.74 Å². The van der Waals surface area contributed by atoms with Crippen LogP contribution in [-0.2, 0) is 0 Å². The quantitative estimate of drug-likeness (QED) is 0.838. The van der Waals surface area contributed by atoms with Crippen molar-refractivity contribution in [2.75, 3.05) is 20.2 Å². The summed E-state index contributed by atoms with van der Waals surface area (Å²) in [6.07, 6.45) is 2.18. The number of ether oxygens (including phenoxy) is 1. The molecule has 1 aliphatic rings. The fourth-order valence-corrected chi connectivity index (χ4v) is 2.56. The smallest absolute Gasteiger partial charge is 0.257 e. The van der Waals surface area contributed by atoms with Crippen molar-refractivity contribution in [3.8, 4) is 5.75 Å². The number of hydrogen-bond donors (Lipinski definition) is 0. The van der Waals surface area contributed by atoms with E-state index < -0.39 is 0 Å². The number of benzene rings is 1. The van der Waals surface area contributed by atoms with E-state index in [2.05, 4.69) is 22.9 Å². The molecule has 0 radical (unpaired) electrons. The van der Waals surface area contributed by atoms with Crippen molar-refractivity contribution in [2.45, 2.75) is 19.8 Å². The average molecular weight is 312 g/mol. The largest absolute Gasteiger partial charge is 0.496 e. The number of amides is 1. The number of carbonyl (C=O) groups is 1. The second-order valence-corrected chi connectivity index (χ2v) is 5.74. The van der Waals surface area contributed by atoms with Crippen molar-refractivity contribution < 1.29 is 9.53 Å². The van der Waals surface area contributed by atoms with Crippen LogP contribution in [0.3, 0.4) is 0 Å². The highest BCUT2D eigenvalue weighted by Gasteiger charge is 2.23. The van der Waals surface area contributed by atoms with Crippen molar-refractivity contribution in [1.82, 2.24) is 4.90 Å². The minimum absolute atomic E-state index is 0.0752. The number of carbonyl (C=O) groups excluding carboxylic acids is 1. The minimum atomic E-state index is 0.0752. The fraction of sp³-hybridized carbons (Fsp3) is 0.500. The molecule has 0 aromatic heterocycles. The number of rotatable bonds is 2. The van der Waals surface area contributed by atoms with Gasteiger partial charge >= 0.3 is 0 Å². The number of likely N-dealkylation sites (tertiary alicyclic amines) is 1. The Morgan fingerprint density at radius 3 is 2.67 bits per heavy atom. The maximum Gasteiger partial charge on any atom is 0.257 e. The molecule has 0 N–H and O–H groups in total.